The van der Waals surface area contributed by atoms with Crippen LogP contribution in [0.15, 0.2) is 48.5 Å². The van der Waals surface area contributed by atoms with Crippen molar-refractivity contribution in [3.63, 3.8) is 0 Å². The predicted molar refractivity (Wildman–Crippen MR) is 97.3 cm³/mol. The molecule has 0 spiro atoms. The number of benzene rings is 2. The lowest BCUT2D eigenvalue weighted by Gasteiger charge is -2.25. The smallest absolute Gasteiger partial charge is 0.350 e. The van der Waals surface area contributed by atoms with Gasteiger partial charge in [-0.1, -0.05) is 11.6 Å². The van der Waals surface area contributed by atoms with Gasteiger partial charge in [-0.05, 0) is 76.2 Å². The summed E-state index contributed by atoms with van der Waals surface area (Å²) in [6.07, 6.45) is -0.213. The second-order valence-electron chi connectivity index (χ2n) is 6.43. The molecule has 0 unspecified atom stereocenters. The molecule has 0 bridgehead atoms. The second kappa shape index (κ2) is 7.70. The van der Waals surface area contributed by atoms with E-state index in [1.54, 1.807) is 76.2 Å². The quantitative estimate of drug-likeness (QED) is 0.550. The first-order valence-electron chi connectivity index (χ1n) is 7.99. The van der Waals surface area contributed by atoms with E-state index in [0.717, 1.165) is 0 Å². The lowest BCUT2D eigenvalue weighted by atomic mass is 10.1. The van der Waals surface area contributed by atoms with Crippen molar-refractivity contribution in [1.29, 1.82) is 0 Å². The van der Waals surface area contributed by atoms with Crippen molar-refractivity contribution in [1.82, 2.24) is 0 Å². The average Bonchev–Trinajstić information content (AvgIpc) is 2.54. The minimum absolute atomic E-state index is 0.110. The molecule has 4 nitrogen and oxygen atoms in total. The van der Waals surface area contributed by atoms with Crippen molar-refractivity contribution < 1.29 is 19.1 Å². The molecule has 0 aliphatic carbocycles. The lowest BCUT2D eigenvalue weighted by molar-refractivity contribution is -0.163. The Morgan fingerprint density at radius 2 is 1.40 bits per heavy atom. The van der Waals surface area contributed by atoms with Crippen LogP contribution in [-0.4, -0.2) is 23.5 Å². The van der Waals surface area contributed by atoms with Crippen LogP contribution in [0.1, 0.15) is 43.6 Å². The summed E-state index contributed by atoms with van der Waals surface area (Å²) < 4.78 is 10.9. The molecule has 0 amide bonds. The predicted octanol–water partition coefficient (Wildman–Crippen LogP) is 4.68. The fourth-order valence-corrected chi connectivity index (χ4v) is 2.26. The molecule has 2 rings (SSSR count). The van der Waals surface area contributed by atoms with Gasteiger partial charge in [-0.3, -0.25) is 4.79 Å². The highest BCUT2D eigenvalue weighted by atomic mass is 35.5. The van der Waals surface area contributed by atoms with Crippen molar-refractivity contribution >= 4 is 23.4 Å². The van der Waals surface area contributed by atoms with Crippen molar-refractivity contribution in [2.24, 2.45) is 0 Å². The molecule has 132 valence electrons. The molecule has 0 aliphatic heterocycles. The number of carbonyl (C=O) groups excluding carboxylic acids is 2. The molecule has 0 aromatic heterocycles. The molecule has 5 heteroatoms. The van der Waals surface area contributed by atoms with Crippen molar-refractivity contribution in [2.45, 2.75) is 39.4 Å². The highest BCUT2D eigenvalue weighted by Crippen LogP contribution is 2.22. The Morgan fingerprint density at radius 1 is 0.920 bits per heavy atom. The largest absolute Gasteiger partial charge is 0.476 e. The number of hydrogen-bond acceptors (Lipinski definition) is 4. The number of hydrogen-bond donors (Lipinski definition) is 0. The summed E-state index contributed by atoms with van der Waals surface area (Å²) in [5.74, 6) is -0.0659. The molecule has 0 saturated heterocycles. The summed E-state index contributed by atoms with van der Waals surface area (Å²) in [5.41, 5.74) is -0.0393. The van der Waals surface area contributed by atoms with E-state index < -0.39 is 11.6 Å². The van der Waals surface area contributed by atoms with Gasteiger partial charge in [-0.2, -0.15) is 0 Å². The van der Waals surface area contributed by atoms with Gasteiger partial charge in [0.1, 0.15) is 5.75 Å². The molecule has 0 saturated carbocycles. The zero-order valence-electron chi connectivity index (χ0n) is 14.7. The maximum absolute atomic E-state index is 12.4. The molecule has 0 atom stereocenters. The zero-order valence-corrected chi connectivity index (χ0v) is 15.5. The normalized spacial score (nSPS) is 11.3. The Bertz CT molecular complexity index is 746. The van der Waals surface area contributed by atoms with Crippen molar-refractivity contribution in [2.75, 3.05) is 0 Å². The summed E-state index contributed by atoms with van der Waals surface area (Å²) >= 11 is 5.84. The van der Waals surface area contributed by atoms with Gasteiger partial charge in [-0.15, -0.1) is 0 Å². The maximum atomic E-state index is 12.4. The minimum atomic E-state index is -1.12. The van der Waals surface area contributed by atoms with Crippen molar-refractivity contribution in [3.8, 4) is 5.75 Å². The van der Waals surface area contributed by atoms with Gasteiger partial charge in [0.05, 0.1) is 6.10 Å². The Kier molecular flexibility index (Phi) is 5.85. The Morgan fingerprint density at radius 3 is 1.88 bits per heavy atom. The topological polar surface area (TPSA) is 52.6 Å². The van der Waals surface area contributed by atoms with Crippen molar-refractivity contribution in [3.05, 3.63) is 64.7 Å². The highest BCUT2D eigenvalue weighted by molar-refractivity contribution is 6.30. The monoisotopic (exact) mass is 366 g/mol. The molecular weight excluding hydrogens is 346 g/mol. The van der Waals surface area contributed by atoms with E-state index >= 15 is 0 Å². The number of esters is 1. The molecule has 0 heterocycles. The molecule has 2 aromatic carbocycles. The Hall–Kier alpha value is -2.33. The van der Waals surface area contributed by atoms with E-state index in [0.29, 0.717) is 21.9 Å². The summed E-state index contributed by atoms with van der Waals surface area (Å²) in [7, 11) is 0. The van der Waals surface area contributed by atoms with Crippen LogP contribution in [-0.2, 0) is 9.53 Å². The SMILES string of the molecule is CC(C)OC(=O)C(C)(C)O[13c]1[13cH][13cH][13c](C(=O)c2ccc(Cl)cc2)[13cH][13cH]1. The van der Waals surface area contributed by atoms with Crippen LogP contribution in [0.2, 0.25) is 5.02 Å². The Balaban J connectivity index is 2.10. The Labute approximate surface area is 152 Å². The lowest BCUT2D eigenvalue weighted by Crippen LogP contribution is -2.40. The maximum Gasteiger partial charge on any atom is 0.350 e. The van der Waals surface area contributed by atoms with Gasteiger partial charge < -0.3 is 9.47 Å². The van der Waals surface area contributed by atoms with E-state index in [4.69, 9.17) is 21.1 Å². The van der Waals surface area contributed by atoms with E-state index in [1.165, 1.54) is 0 Å². The highest BCUT2D eigenvalue weighted by Gasteiger charge is 2.32. The standard InChI is InChI=1S/C20H21ClO4/c1-13(2)24-19(23)20(3,4)25-17-11-7-15(8-12-17)18(22)14-5-9-16(21)10-6-14/h5-13H,1-4H3/i7+1,8+1,11+1,12+1,15+1,17+1. The summed E-state index contributed by atoms with van der Waals surface area (Å²) in [4.78, 5) is 24.5. The fourth-order valence-electron chi connectivity index (χ4n) is 2.13. The first kappa shape index (κ1) is 19.0. The van der Waals surface area contributed by atoms with Crippen LogP contribution >= 0.6 is 11.6 Å². The number of rotatable bonds is 6. The summed E-state index contributed by atoms with van der Waals surface area (Å²) in [5, 5.41) is 0.579. The van der Waals surface area contributed by atoms with Gasteiger partial charge >= 0.3 is 5.97 Å². The van der Waals surface area contributed by atoms with Gasteiger partial charge in [0, 0.05) is 16.1 Å². The molecule has 25 heavy (non-hydrogen) atoms. The van der Waals surface area contributed by atoms with E-state index in [-0.39, 0.29) is 11.9 Å². The molecule has 0 fully saturated rings. The van der Waals surface area contributed by atoms with Crippen LogP contribution < -0.4 is 4.74 Å². The molecule has 0 aliphatic rings. The zero-order chi connectivity index (χ0) is 18.6. The van der Waals surface area contributed by atoms with Crippen LogP contribution in [0.5, 0.6) is 5.75 Å². The van der Waals surface area contributed by atoms with Crippen LogP contribution in [0.25, 0.3) is 0 Å². The summed E-state index contributed by atoms with van der Waals surface area (Å²) in [6, 6.07) is 13.4. The van der Waals surface area contributed by atoms with Crippen LogP contribution in [0.4, 0.5) is 0 Å². The molecule has 2 aromatic rings. The summed E-state index contributed by atoms with van der Waals surface area (Å²) in [6.45, 7) is 6.85. The molecule has 0 N–H and O–H groups in total. The van der Waals surface area contributed by atoms with Gasteiger partial charge in [0.15, 0.2) is 11.4 Å². The average molecular weight is 367 g/mol. The van der Waals surface area contributed by atoms with Gasteiger partial charge in [0.25, 0.3) is 0 Å². The number of halogens is 1. The van der Waals surface area contributed by atoms with Gasteiger partial charge in [-0.25, -0.2) is 4.79 Å². The molecule has 0 radical (unpaired) electrons. The van der Waals surface area contributed by atoms with Crippen LogP contribution in [0, 0.1) is 0 Å². The molecular formula is C20H21ClO4. The van der Waals surface area contributed by atoms with Gasteiger partial charge in [0.2, 0.25) is 0 Å². The number of carbonyl (C=O) groups is 2. The first-order chi connectivity index (χ1) is 11.7. The fraction of sp³-hybridized carbons (Fsp3) is 0.300. The number of ketones is 1. The van der Waals surface area contributed by atoms with E-state index in [2.05, 4.69) is 0 Å². The number of ether oxygens (including phenoxy) is 2. The third kappa shape index (κ3) is 5.07. The van der Waals surface area contributed by atoms with E-state index in [1.807, 2.05) is 0 Å². The third-order valence-electron chi connectivity index (χ3n) is 3.43. The first-order valence-corrected chi connectivity index (χ1v) is 8.37. The second-order valence-corrected chi connectivity index (χ2v) is 6.86. The third-order valence-corrected chi connectivity index (χ3v) is 3.68. The minimum Gasteiger partial charge on any atom is -0.476 e. The van der Waals surface area contributed by atoms with Crippen LogP contribution in [0.3, 0.4) is 0 Å². The van der Waals surface area contributed by atoms with E-state index in [9.17, 15) is 9.59 Å².